The van der Waals surface area contributed by atoms with Crippen LogP contribution in [0.3, 0.4) is 0 Å². The number of benzene rings is 1. The summed E-state index contributed by atoms with van der Waals surface area (Å²) in [5, 5.41) is 0. The number of halogens is 1. The molecule has 1 amide bonds. The number of hydrogen-bond donors (Lipinski definition) is 0. The Morgan fingerprint density at radius 1 is 1.29 bits per heavy atom. The van der Waals surface area contributed by atoms with Crippen molar-refractivity contribution < 1.29 is 4.79 Å². The Bertz CT molecular complexity index is 772. The monoisotopic (exact) mass is 342 g/mol. The van der Waals surface area contributed by atoms with Gasteiger partial charge in [0, 0.05) is 19.2 Å². The predicted molar refractivity (Wildman–Crippen MR) is 97.7 cm³/mol. The molecule has 0 N–H and O–H groups in total. The summed E-state index contributed by atoms with van der Waals surface area (Å²) < 4.78 is 0. The second-order valence-corrected chi connectivity index (χ2v) is 7.10. The molecule has 0 bridgehead atoms. The topological polar surface area (TPSA) is 33.2 Å². The molecule has 0 aliphatic carbocycles. The smallest absolute Gasteiger partial charge is 0.256 e. The summed E-state index contributed by atoms with van der Waals surface area (Å²) in [4.78, 5) is 19.2. The molecule has 1 unspecified atom stereocenters. The number of pyridine rings is 1. The van der Waals surface area contributed by atoms with E-state index in [0.717, 1.165) is 37.1 Å². The fourth-order valence-electron chi connectivity index (χ4n) is 3.96. The minimum atomic E-state index is 0. The fourth-order valence-corrected chi connectivity index (χ4v) is 3.96. The van der Waals surface area contributed by atoms with E-state index in [0.29, 0.717) is 5.92 Å². The van der Waals surface area contributed by atoms with Crippen LogP contribution in [0.4, 0.5) is 0 Å². The Morgan fingerprint density at radius 2 is 2.12 bits per heavy atom. The van der Waals surface area contributed by atoms with Gasteiger partial charge in [-0.2, -0.15) is 0 Å². The number of carbonyl (C=O) groups is 1. The van der Waals surface area contributed by atoms with Crippen LogP contribution in [-0.2, 0) is 19.3 Å². The third-order valence-corrected chi connectivity index (χ3v) is 4.98. The standard InChI is InChI=1S/C20H22N2O.ClH/c1-13(2)10-14-5-6-16-15(11-14)7-9-22-19(16)12-18-17(20(22)23)4-3-8-21-18;/h3-6,8,11,13,19H,7,9-10,12H2,1-2H3;1H. The van der Waals surface area contributed by atoms with Gasteiger partial charge in [0.05, 0.1) is 17.3 Å². The van der Waals surface area contributed by atoms with Gasteiger partial charge in [-0.05, 0) is 47.6 Å². The Kier molecular flexibility index (Phi) is 4.64. The highest BCUT2D eigenvalue weighted by atomic mass is 35.5. The molecule has 1 aromatic carbocycles. The molecule has 4 heteroatoms. The van der Waals surface area contributed by atoms with Crippen LogP contribution in [-0.4, -0.2) is 22.3 Å². The third kappa shape index (κ3) is 2.82. The largest absolute Gasteiger partial charge is 0.331 e. The highest BCUT2D eigenvalue weighted by Gasteiger charge is 2.37. The normalized spacial score (nSPS) is 18.5. The van der Waals surface area contributed by atoms with Crippen LogP contribution in [0.1, 0.15) is 52.6 Å². The molecule has 4 rings (SSSR count). The van der Waals surface area contributed by atoms with E-state index in [-0.39, 0.29) is 24.4 Å². The van der Waals surface area contributed by atoms with E-state index in [4.69, 9.17) is 0 Å². The van der Waals surface area contributed by atoms with Gasteiger partial charge in [0.25, 0.3) is 5.91 Å². The first-order chi connectivity index (χ1) is 11.1. The van der Waals surface area contributed by atoms with Crippen LogP contribution in [0.25, 0.3) is 0 Å². The predicted octanol–water partition coefficient (Wildman–Crippen LogP) is 4.00. The molecular formula is C20H23ClN2O. The van der Waals surface area contributed by atoms with Gasteiger partial charge in [-0.25, -0.2) is 0 Å². The van der Waals surface area contributed by atoms with E-state index in [9.17, 15) is 4.79 Å². The van der Waals surface area contributed by atoms with Gasteiger partial charge in [-0.3, -0.25) is 9.78 Å². The number of fused-ring (bicyclic) bond motifs is 4. The first-order valence-electron chi connectivity index (χ1n) is 8.50. The molecule has 1 aromatic heterocycles. The summed E-state index contributed by atoms with van der Waals surface area (Å²) in [5.41, 5.74) is 5.86. The summed E-state index contributed by atoms with van der Waals surface area (Å²) in [7, 11) is 0. The third-order valence-electron chi connectivity index (χ3n) is 4.98. The molecule has 3 heterocycles. The highest BCUT2D eigenvalue weighted by molar-refractivity contribution is 5.96. The van der Waals surface area contributed by atoms with Crippen molar-refractivity contribution in [3.8, 4) is 0 Å². The molecule has 2 aliphatic heterocycles. The lowest BCUT2D eigenvalue weighted by atomic mass is 9.84. The van der Waals surface area contributed by atoms with Crippen molar-refractivity contribution in [2.24, 2.45) is 5.92 Å². The van der Waals surface area contributed by atoms with E-state index < -0.39 is 0 Å². The Balaban J connectivity index is 0.00000169. The highest BCUT2D eigenvalue weighted by Crippen LogP contribution is 2.37. The lowest BCUT2D eigenvalue weighted by Gasteiger charge is -2.41. The zero-order chi connectivity index (χ0) is 16.0. The van der Waals surface area contributed by atoms with Crippen molar-refractivity contribution >= 4 is 18.3 Å². The van der Waals surface area contributed by atoms with Crippen LogP contribution in [0.15, 0.2) is 36.5 Å². The molecule has 3 nitrogen and oxygen atoms in total. The lowest BCUT2D eigenvalue weighted by molar-refractivity contribution is 0.0629. The second kappa shape index (κ2) is 6.56. The number of aromatic nitrogens is 1. The van der Waals surface area contributed by atoms with Crippen molar-refractivity contribution in [2.75, 3.05) is 6.54 Å². The first-order valence-corrected chi connectivity index (χ1v) is 8.50. The minimum absolute atomic E-state index is 0. The summed E-state index contributed by atoms with van der Waals surface area (Å²) in [6.45, 7) is 5.32. The van der Waals surface area contributed by atoms with Crippen LogP contribution < -0.4 is 0 Å². The second-order valence-electron chi connectivity index (χ2n) is 7.10. The van der Waals surface area contributed by atoms with Crippen LogP contribution in [0, 0.1) is 5.92 Å². The first kappa shape index (κ1) is 17.0. The number of hydrogen-bond acceptors (Lipinski definition) is 2. The van der Waals surface area contributed by atoms with E-state index >= 15 is 0 Å². The molecule has 0 saturated carbocycles. The number of nitrogens with zero attached hydrogens (tertiary/aromatic N) is 2. The molecule has 0 saturated heterocycles. The molecule has 0 spiro atoms. The maximum absolute atomic E-state index is 12.8. The van der Waals surface area contributed by atoms with Crippen molar-refractivity contribution in [2.45, 2.75) is 39.2 Å². The van der Waals surface area contributed by atoms with Gasteiger partial charge in [-0.15, -0.1) is 12.4 Å². The molecular weight excluding hydrogens is 320 g/mol. The molecule has 0 radical (unpaired) electrons. The average Bonchev–Trinajstić information content (AvgIpc) is 2.54. The number of rotatable bonds is 2. The number of carbonyl (C=O) groups excluding carboxylic acids is 1. The van der Waals surface area contributed by atoms with Gasteiger partial charge in [-0.1, -0.05) is 32.0 Å². The van der Waals surface area contributed by atoms with Crippen molar-refractivity contribution in [3.05, 3.63) is 64.5 Å². The van der Waals surface area contributed by atoms with Gasteiger partial charge < -0.3 is 4.90 Å². The minimum Gasteiger partial charge on any atom is -0.331 e. The molecule has 0 fully saturated rings. The van der Waals surface area contributed by atoms with Crippen molar-refractivity contribution in [3.63, 3.8) is 0 Å². The summed E-state index contributed by atoms with van der Waals surface area (Å²) in [6.07, 6.45) is 4.69. The van der Waals surface area contributed by atoms with E-state index in [1.54, 1.807) is 6.20 Å². The molecule has 24 heavy (non-hydrogen) atoms. The Hall–Kier alpha value is -1.87. The summed E-state index contributed by atoms with van der Waals surface area (Å²) in [6, 6.07) is 10.7. The quantitative estimate of drug-likeness (QED) is 0.826. The van der Waals surface area contributed by atoms with Gasteiger partial charge in [0.2, 0.25) is 0 Å². The molecule has 1 atom stereocenters. The van der Waals surface area contributed by atoms with E-state index in [2.05, 4.69) is 37.0 Å². The van der Waals surface area contributed by atoms with Gasteiger partial charge in [0.15, 0.2) is 0 Å². The summed E-state index contributed by atoms with van der Waals surface area (Å²) >= 11 is 0. The van der Waals surface area contributed by atoms with Crippen molar-refractivity contribution in [1.29, 1.82) is 0 Å². The average molecular weight is 343 g/mol. The molecule has 126 valence electrons. The maximum atomic E-state index is 12.8. The van der Waals surface area contributed by atoms with Crippen LogP contribution >= 0.6 is 12.4 Å². The zero-order valence-electron chi connectivity index (χ0n) is 14.2. The van der Waals surface area contributed by atoms with Gasteiger partial charge in [0.1, 0.15) is 0 Å². The lowest BCUT2D eigenvalue weighted by Crippen LogP contribution is -2.44. The molecule has 2 aromatic rings. The number of amides is 1. The van der Waals surface area contributed by atoms with E-state index in [1.165, 1.54) is 16.7 Å². The zero-order valence-corrected chi connectivity index (χ0v) is 15.0. The Labute approximate surface area is 149 Å². The van der Waals surface area contributed by atoms with Crippen LogP contribution in [0.2, 0.25) is 0 Å². The van der Waals surface area contributed by atoms with Gasteiger partial charge >= 0.3 is 0 Å². The van der Waals surface area contributed by atoms with E-state index in [1.807, 2.05) is 17.0 Å². The van der Waals surface area contributed by atoms with Crippen molar-refractivity contribution in [1.82, 2.24) is 9.88 Å². The van der Waals surface area contributed by atoms with Crippen LogP contribution in [0.5, 0.6) is 0 Å². The Morgan fingerprint density at radius 3 is 2.92 bits per heavy atom. The SMILES string of the molecule is CC(C)Cc1ccc2c(c1)CCN1C(=O)c3cccnc3CC21.Cl. The summed E-state index contributed by atoms with van der Waals surface area (Å²) in [5.74, 6) is 0.807. The molecule has 2 aliphatic rings. The fraction of sp³-hybridized carbons (Fsp3) is 0.400. The maximum Gasteiger partial charge on any atom is 0.256 e.